The van der Waals surface area contributed by atoms with Gasteiger partial charge in [-0.15, -0.1) is 0 Å². The molecular formula is C30H27Cl2FN4O2. The summed E-state index contributed by atoms with van der Waals surface area (Å²) in [4.78, 5) is 16.0. The van der Waals surface area contributed by atoms with E-state index in [2.05, 4.69) is 10.2 Å². The van der Waals surface area contributed by atoms with Gasteiger partial charge in [0.1, 0.15) is 24.2 Å². The third kappa shape index (κ3) is 3.63. The second-order valence-corrected chi connectivity index (χ2v) is 11.6. The Kier molecular flexibility index (Phi) is 5.88. The van der Waals surface area contributed by atoms with E-state index in [1.807, 2.05) is 41.1 Å². The van der Waals surface area contributed by atoms with Crippen LogP contribution in [-0.2, 0) is 10.3 Å². The van der Waals surface area contributed by atoms with Gasteiger partial charge in [-0.05, 0) is 54.7 Å². The number of ether oxygens (including phenoxy) is 1. The molecule has 1 saturated carbocycles. The zero-order valence-electron chi connectivity index (χ0n) is 21.3. The molecule has 0 spiro atoms. The molecule has 39 heavy (non-hydrogen) atoms. The number of carbonyl (C=O) groups excluding carboxylic acids is 1. The number of carbonyl (C=O) groups is 1. The number of hydrogen-bond acceptors (Lipinski definition) is 5. The second-order valence-electron chi connectivity index (χ2n) is 10.7. The number of anilines is 1. The molecule has 1 N–H and O–H groups in total. The first-order valence-electron chi connectivity index (χ1n) is 13.2. The lowest BCUT2D eigenvalue weighted by Gasteiger charge is -2.41. The smallest absolute Gasteiger partial charge is 0.220 e. The monoisotopic (exact) mass is 564 g/mol. The van der Waals surface area contributed by atoms with Crippen molar-refractivity contribution < 1.29 is 13.9 Å². The number of rotatable bonds is 6. The average Bonchev–Trinajstić information content (AvgIpc) is 3.63. The van der Waals surface area contributed by atoms with E-state index in [1.165, 1.54) is 6.07 Å². The van der Waals surface area contributed by atoms with Crippen molar-refractivity contribution in [2.24, 2.45) is 5.92 Å². The van der Waals surface area contributed by atoms with Crippen molar-refractivity contribution in [3.8, 4) is 5.88 Å². The molecule has 3 aromatic carbocycles. The molecule has 7 rings (SSSR count). The standard InChI is InChI=1S/C30H27Cl2FN4O2/c1-34-24-13-18(31)11-12-21(24)30(16-38)26(20-6-4-7-22(32)27(20)33)28-25(36(30)14-17-9-10-17)15-39-29-19-5-2-3-8-23(19)35-37(28)29/h2-8,11-13,16-17,25-26,28,34H,9-10,14-15H2,1H3/t25-,26-,28+,30+/m0/s1. The van der Waals surface area contributed by atoms with Gasteiger partial charge < -0.3 is 14.8 Å². The Morgan fingerprint density at radius 3 is 2.74 bits per heavy atom. The van der Waals surface area contributed by atoms with Crippen LogP contribution in [0.5, 0.6) is 5.88 Å². The molecule has 3 heterocycles. The van der Waals surface area contributed by atoms with E-state index in [4.69, 9.17) is 33.0 Å². The van der Waals surface area contributed by atoms with Gasteiger partial charge in [-0.25, -0.2) is 9.07 Å². The molecule has 3 aliphatic rings. The van der Waals surface area contributed by atoms with E-state index in [9.17, 15) is 4.79 Å². The van der Waals surface area contributed by atoms with Gasteiger partial charge >= 0.3 is 0 Å². The summed E-state index contributed by atoms with van der Waals surface area (Å²) < 4.78 is 24.3. The van der Waals surface area contributed by atoms with E-state index in [0.29, 0.717) is 41.2 Å². The Bertz CT molecular complexity index is 1610. The number of nitrogens with one attached hydrogen (secondary N) is 1. The van der Waals surface area contributed by atoms with Crippen molar-refractivity contribution in [3.63, 3.8) is 0 Å². The van der Waals surface area contributed by atoms with Gasteiger partial charge in [0.15, 0.2) is 0 Å². The quantitative estimate of drug-likeness (QED) is 0.273. The van der Waals surface area contributed by atoms with E-state index < -0.39 is 23.3 Å². The fourth-order valence-corrected chi connectivity index (χ4v) is 7.15. The van der Waals surface area contributed by atoms with Crippen molar-refractivity contribution in [1.29, 1.82) is 0 Å². The molecule has 200 valence electrons. The van der Waals surface area contributed by atoms with E-state index in [-0.39, 0.29) is 11.1 Å². The summed E-state index contributed by atoms with van der Waals surface area (Å²) in [5.41, 5.74) is 1.39. The van der Waals surface area contributed by atoms with Crippen molar-refractivity contribution in [3.05, 3.63) is 87.7 Å². The van der Waals surface area contributed by atoms with Crippen LogP contribution in [0, 0.1) is 11.7 Å². The number of likely N-dealkylation sites (tertiary alicyclic amines) is 1. The third-order valence-corrected chi connectivity index (χ3v) is 9.17. The highest BCUT2D eigenvalue weighted by Gasteiger charge is 2.64. The molecule has 1 aliphatic carbocycles. The van der Waals surface area contributed by atoms with Crippen LogP contribution >= 0.6 is 23.2 Å². The maximum Gasteiger partial charge on any atom is 0.220 e. The minimum absolute atomic E-state index is 0.0207. The highest BCUT2D eigenvalue weighted by molar-refractivity contribution is 6.31. The normalized spacial score (nSPS) is 26.2. The van der Waals surface area contributed by atoms with Crippen LogP contribution in [0.25, 0.3) is 10.9 Å². The fraction of sp³-hybridized carbons (Fsp3) is 0.333. The zero-order chi connectivity index (χ0) is 26.9. The molecule has 0 amide bonds. The number of nitrogens with zero attached hydrogens (tertiary/aromatic N) is 3. The molecule has 2 aliphatic heterocycles. The van der Waals surface area contributed by atoms with Gasteiger partial charge in [0.05, 0.1) is 28.0 Å². The summed E-state index contributed by atoms with van der Waals surface area (Å²) in [6.45, 7) is 1.04. The predicted molar refractivity (Wildman–Crippen MR) is 150 cm³/mol. The first-order chi connectivity index (χ1) is 19.0. The van der Waals surface area contributed by atoms with Gasteiger partial charge in [-0.2, -0.15) is 5.10 Å². The summed E-state index contributed by atoms with van der Waals surface area (Å²) >= 11 is 12.8. The summed E-state index contributed by atoms with van der Waals surface area (Å²) in [5, 5.41) is 9.65. The zero-order valence-corrected chi connectivity index (χ0v) is 22.8. The Balaban J connectivity index is 1.56. The van der Waals surface area contributed by atoms with Gasteiger partial charge in [0.2, 0.25) is 5.88 Å². The maximum absolute atomic E-state index is 16.1. The lowest BCUT2D eigenvalue weighted by molar-refractivity contribution is -0.119. The van der Waals surface area contributed by atoms with E-state index >= 15 is 4.39 Å². The van der Waals surface area contributed by atoms with Gasteiger partial charge in [-0.3, -0.25) is 4.90 Å². The number of hydrogen-bond donors (Lipinski definition) is 1. The number of halogens is 3. The Morgan fingerprint density at radius 2 is 1.97 bits per heavy atom. The van der Waals surface area contributed by atoms with Gasteiger partial charge in [-0.1, -0.05) is 53.5 Å². The molecule has 1 aromatic heterocycles. The highest BCUT2D eigenvalue weighted by atomic mass is 35.5. The second kappa shape index (κ2) is 9.22. The molecule has 0 bridgehead atoms. The fourth-order valence-electron chi connectivity index (χ4n) is 6.80. The number of aromatic nitrogens is 2. The molecule has 0 unspecified atom stereocenters. The van der Waals surface area contributed by atoms with Gasteiger partial charge in [0, 0.05) is 35.8 Å². The summed E-state index contributed by atoms with van der Waals surface area (Å²) in [6.07, 6.45) is 3.18. The number of benzene rings is 3. The Labute approximate surface area is 235 Å². The maximum atomic E-state index is 16.1. The average molecular weight is 565 g/mol. The van der Waals surface area contributed by atoms with Crippen molar-refractivity contribution in [2.75, 3.05) is 25.5 Å². The van der Waals surface area contributed by atoms with Gasteiger partial charge in [0.25, 0.3) is 0 Å². The number of aldehydes is 1. The Hall–Kier alpha value is -3.13. The largest absolute Gasteiger partial charge is 0.476 e. The predicted octanol–water partition coefficient (Wildman–Crippen LogP) is 6.43. The van der Waals surface area contributed by atoms with Crippen LogP contribution in [0.1, 0.15) is 35.9 Å². The lowest BCUT2D eigenvalue weighted by Crippen LogP contribution is -2.51. The first-order valence-corrected chi connectivity index (χ1v) is 14.0. The van der Waals surface area contributed by atoms with Crippen molar-refractivity contribution >= 4 is 46.1 Å². The van der Waals surface area contributed by atoms with Crippen LogP contribution in [0.2, 0.25) is 10.0 Å². The molecule has 9 heteroatoms. The topological polar surface area (TPSA) is 59.4 Å². The van der Waals surface area contributed by atoms with Crippen LogP contribution in [0.3, 0.4) is 0 Å². The molecule has 0 radical (unpaired) electrons. The molecule has 4 atom stereocenters. The van der Waals surface area contributed by atoms with Crippen LogP contribution < -0.4 is 10.1 Å². The van der Waals surface area contributed by atoms with Crippen LogP contribution in [0.15, 0.2) is 60.7 Å². The molecule has 6 nitrogen and oxygen atoms in total. The number of fused-ring (bicyclic) bond motifs is 5. The minimum atomic E-state index is -1.24. The van der Waals surface area contributed by atoms with E-state index in [1.54, 1.807) is 25.2 Å². The minimum Gasteiger partial charge on any atom is -0.476 e. The molecular weight excluding hydrogens is 538 g/mol. The van der Waals surface area contributed by atoms with E-state index in [0.717, 1.165) is 35.6 Å². The third-order valence-electron chi connectivity index (χ3n) is 8.65. The summed E-state index contributed by atoms with van der Waals surface area (Å²) in [7, 11) is 1.80. The molecule has 1 saturated heterocycles. The van der Waals surface area contributed by atoms with Crippen LogP contribution in [0.4, 0.5) is 10.1 Å². The summed E-state index contributed by atoms with van der Waals surface area (Å²) in [6, 6.07) is 17.7. The van der Waals surface area contributed by atoms with Crippen molar-refractivity contribution in [2.45, 2.75) is 36.4 Å². The SMILES string of the molecule is CNc1cc(Cl)ccc1[C@]1(C=O)[C@@H](c2cccc(Cl)c2F)[C@H]2[C@H](COc3c4ccccc4nn32)N1CC1CC1. The first kappa shape index (κ1) is 24.9. The van der Waals surface area contributed by atoms with Crippen LogP contribution in [-0.4, -0.2) is 47.2 Å². The Morgan fingerprint density at radius 1 is 1.15 bits per heavy atom. The van der Waals surface area contributed by atoms with Crippen molar-refractivity contribution in [1.82, 2.24) is 14.7 Å². The molecule has 2 fully saturated rings. The molecule has 4 aromatic rings. The summed E-state index contributed by atoms with van der Waals surface area (Å²) in [5.74, 6) is -0.0801. The highest BCUT2D eigenvalue weighted by Crippen LogP contribution is 2.60. The lowest BCUT2D eigenvalue weighted by atomic mass is 9.73.